The first-order valence-corrected chi connectivity index (χ1v) is 7.44. The summed E-state index contributed by atoms with van der Waals surface area (Å²) in [5.41, 5.74) is 5.85. The Morgan fingerprint density at radius 2 is 2.05 bits per heavy atom. The Bertz CT molecular complexity index is 617. The molecule has 0 radical (unpaired) electrons. The van der Waals surface area contributed by atoms with Crippen LogP contribution in [0.4, 0.5) is 10.1 Å². The van der Waals surface area contributed by atoms with Crippen molar-refractivity contribution in [3.63, 3.8) is 0 Å². The highest BCUT2D eigenvalue weighted by atomic mass is 32.2. The molecule has 0 saturated carbocycles. The number of likely N-dealkylation sites (N-methyl/N-ethyl adjacent to an activating group) is 2. The van der Waals surface area contributed by atoms with Crippen LogP contribution in [0.15, 0.2) is 17.0 Å². The predicted molar refractivity (Wildman–Crippen MR) is 74.0 cm³/mol. The first-order valence-electron chi connectivity index (χ1n) is 6.00. The minimum Gasteiger partial charge on any atom is -0.399 e. The van der Waals surface area contributed by atoms with Gasteiger partial charge < -0.3 is 11.1 Å². The zero-order chi connectivity index (χ0) is 15.5. The van der Waals surface area contributed by atoms with Crippen molar-refractivity contribution in [1.29, 1.82) is 0 Å². The molecule has 1 rings (SSSR count). The average Bonchev–Trinajstić information content (AvgIpc) is 2.39. The number of carbonyl (C=O) groups excluding carboxylic acids is 1. The summed E-state index contributed by atoms with van der Waals surface area (Å²) in [5, 5.41) is 2.33. The van der Waals surface area contributed by atoms with Crippen LogP contribution in [0.25, 0.3) is 0 Å². The Balaban J connectivity index is 3.31. The van der Waals surface area contributed by atoms with Crippen LogP contribution < -0.4 is 11.1 Å². The first kappa shape index (κ1) is 16.4. The third-order valence-electron chi connectivity index (χ3n) is 2.81. The van der Waals surface area contributed by atoms with Crippen molar-refractivity contribution in [1.82, 2.24) is 9.62 Å². The average molecular weight is 303 g/mol. The fourth-order valence-electron chi connectivity index (χ4n) is 1.70. The minimum atomic E-state index is -4.11. The molecular formula is C12H18FN3O3S. The summed E-state index contributed by atoms with van der Waals surface area (Å²) >= 11 is 0. The van der Waals surface area contributed by atoms with Crippen molar-refractivity contribution in [2.45, 2.75) is 18.7 Å². The fourth-order valence-corrected chi connectivity index (χ4v) is 3.27. The van der Waals surface area contributed by atoms with E-state index in [0.29, 0.717) is 0 Å². The van der Waals surface area contributed by atoms with Gasteiger partial charge in [0.05, 0.1) is 6.54 Å². The Hall–Kier alpha value is -1.67. The first-order chi connectivity index (χ1) is 9.23. The van der Waals surface area contributed by atoms with Crippen molar-refractivity contribution in [2.75, 3.05) is 25.9 Å². The van der Waals surface area contributed by atoms with Crippen molar-refractivity contribution in [3.8, 4) is 0 Å². The molecular weight excluding hydrogens is 285 g/mol. The summed E-state index contributed by atoms with van der Waals surface area (Å²) in [4.78, 5) is 10.8. The number of nitrogens with one attached hydrogen (secondary N) is 1. The Morgan fingerprint density at radius 1 is 1.45 bits per heavy atom. The van der Waals surface area contributed by atoms with Gasteiger partial charge in [0.15, 0.2) is 0 Å². The molecule has 6 nitrogen and oxygen atoms in total. The van der Waals surface area contributed by atoms with Gasteiger partial charge in [0.2, 0.25) is 15.9 Å². The third kappa shape index (κ3) is 3.26. The standard InChI is InChI=1S/C12H18FN3O3S/c1-4-16(7-11(17)15-3)20(18,19)10-6-9(14)5-8(2)12(10)13/h5-6H,4,7,14H2,1-3H3,(H,15,17). The molecule has 3 N–H and O–H groups in total. The van der Waals surface area contributed by atoms with Crippen LogP contribution in [0.5, 0.6) is 0 Å². The van der Waals surface area contributed by atoms with Gasteiger partial charge in [-0.3, -0.25) is 4.79 Å². The molecule has 0 aliphatic heterocycles. The quantitative estimate of drug-likeness (QED) is 0.774. The monoisotopic (exact) mass is 303 g/mol. The van der Waals surface area contributed by atoms with Crippen molar-refractivity contribution < 1.29 is 17.6 Å². The molecule has 1 aromatic carbocycles. The predicted octanol–water partition coefficient (Wildman–Crippen LogP) is 0.473. The molecule has 0 heterocycles. The van der Waals surface area contributed by atoms with Crippen molar-refractivity contribution in [2.24, 2.45) is 0 Å². The highest BCUT2D eigenvalue weighted by Crippen LogP contribution is 2.24. The van der Waals surface area contributed by atoms with Gasteiger partial charge in [0.25, 0.3) is 0 Å². The highest BCUT2D eigenvalue weighted by Gasteiger charge is 2.28. The summed E-state index contributed by atoms with van der Waals surface area (Å²) in [6, 6.07) is 2.41. The maximum absolute atomic E-state index is 14.0. The number of nitrogen functional groups attached to an aromatic ring is 1. The van der Waals surface area contributed by atoms with E-state index in [-0.39, 0.29) is 24.3 Å². The smallest absolute Gasteiger partial charge is 0.246 e. The zero-order valence-electron chi connectivity index (χ0n) is 11.6. The number of hydrogen-bond acceptors (Lipinski definition) is 4. The van der Waals surface area contributed by atoms with Crippen molar-refractivity contribution in [3.05, 3.63) is 23.5 Å². The topological polar surface area (TPSA) is 92.5 Å². The lowest BCUT2D eigenvalue weighted by Crippen LogP contribution is -2.39. The summed E-state index contributed by atoms with van der Waals surface area (Å²) in [6.07, 6.45) is 0. The van der Waals surface area contributed by atoms with Gasteiger partial charge in [-0.1, -0.05) is 6.92 Å². The second-order valence-corrected chi connectivity index (χ2v) is 6.16. The number of hydrogen-bond donors (Lipinski definition) is 2. The number of halogens is 1. The second kappa shape index (κ2) is 6.19. The SMILES string of the molecule is CCN(CC(=O)NC)S(=O)(=O)c1cc(N)cc(C)c1F. The van der Waals surface area contributed by atoms with Crippen LogP contribution >= 0.6 is 0 Å². The van der Waals surface area contributed by atoms with E-state index in [9.17, 15) is 17.6 Å². The molecule has 0 fully saturated rings. The largest absolute Gasteiger partial charge is 0.399 e. The zero-order valence-corrected chi connectivity index (χ0v) is 12.4. The van der Waals surface area contributed by atoms with E-state index in [1.54, 1.807) is 6.92 Å². The molecule has 0 aliphatic carbocycles. The fraction of sp³-hybridized carbons (Fsp3) is 0.417. The molecule has 1 amide bonds. The molecule has 0 spiro atoms. The minimum absolute atomic E-state index is 0.0447. The van der Waals surface area contributed by atoms with E-state index in [1.165, 1.54) is 20.0 Å². The van der Waals surface area contributed by atoms with Crippen LogP contribution in [-0.4, -0.2) is 38.8 Å². The number of rotatable bonds is 5. The van der Waals surface area contributed by atoms with E-state index in [0.717, 1.165) is 10.4 Å². The number of aryl methyl sites for hydroxylation is 1. The molecule has 112 valence electrons. The summed E-state index contributed by atoms with van der Waals surface area (Å²) in [5.74, 6) is -1.33. The number of anilines is 1. The van der Waals surface area contributed by atoms with E-state index in [4.69, 9.17) is 5.73 Å². The lowest BCUT2D eigenvalue weighted by molar-refractivity contribution is -0.120. The van der Waals surface area contributed by atoms with Gasteiger partial charge in [-0.15, -0.1) is 0 Å². The van der Waals surface area contributed by atoms with Gasteiger partial charge in [-0.25, -0.2) is 12.8 Å². The highest BCUT2D eigenvalue weighted by molar-refractivity contribution is 7.89. The van der Waals surface area contributed by atoms with Crippen LogP contribution in [0.2, 0.25) is 0 Å². The normalized spacial score (nSPS) is 11.7. The summed E-state index contributed by atoms with van der Waals surface area (Å²) < 4.78 is 39.7. The lowest BCUT2D eigenvalue weighted by atomic mass is 10.2. The van der Waals surface area contributed by atoms with E-state index in [2.05, 4.69) is 5.32 Å². The molecule has 0 unspecified atom stereocenters. The molecule has 20 heavy (non-hydrogen) atoms. The number of nitrogens with zero attached hydrogens (tertiary/aromatic N) is 1. The lowest BCUT2D eigenvalue weighted by Gasteiger charge is -2.20. The Labute approximate surface area is 117 Å². The molecule has 0 aromatic heterocycles. The van der Waals surface area contributed by atoms with Gasteiger partial charge in [-0.2, -0.15) is 4.31 Å². The third-order valence-corrected chi connectivity index (χ3v) is 4.73. The Morgan fingerprint density at radius 3 is 2.55 bits per heavy atom. The number of nitrogens with two attached hydrogens (primary N) is 1. The Kier molecular flexibility index (Phi) is 5.07. The molecule has 0 aliphatic rings. The van der Waals surface area contributed by atoms with Gasteiger partial charge in [-0.05, 0) is 24.6 Å². The summed E-state index contributed by atoms with van der Waals surface area (Å²) in [7, 11) is -2.72. The van der Waals surface area contributed by atoms with Gasteiger partial charge >= 0.3 is 0 Å². The maximum Gasteiger partial charge on any atom is 0.246 e. The van der Waals surface area contributed by atoms with E-state index in [1.807, 2.05) is 0 Å². The van der Waals surface area contributed by atoms with E-state index >= 15 is 0 Å². The van der Waals surface area contributed by atoms with Crippen LogP contribution in [0, 0.1) is 12.7 Å². The van der Waals surface area contributed by atoms with Crippen LogP contribution in [-0.2, 0) is 14.8 Å². The van der Waals surface area contributed by atoms with Crippen molar-refractivity contribution >= 4 is 21.6 Å². The summed E-state index contributed by atoms with van der Waals surface area (Å²) in [6.45, 7) is 2.67. The number of carbonyl (C=O) groups is 1. The number of amides is 1. The molecule has 0 atom stereocenters. The second-order valence-electron chi connectivity index (χ2n) is 4.25. The maximum atomic E-state index is 14.0. The molecule has 0 bridgehead atoms. The number of sulfonamides is 1. The molecule has 0 saturated heterocycles. The van der Waals surface area contributed by atoms with Crippen LogP contribution in [0.1, 0.15) is 12.5 Å². The van der Waals surface area contributed by atoms with E-state index < -0.39 is 26.6 Å². The van der Waals surface area contributed by atoms with Gasteiger partial charge in [0.1, 0.15) is 10.7 Å². The molecule has 1 aromatic rings. The van der Waals surface area contributed by atoms with Crippen LogP contribution in [0.3, 0.4) is 0 Å². The van der Waals surface area contributed by atoms with Gasteiger partial charge in [0, 0.05) is 19.3 Å². The number of benzene rings is 1. The molecule has 8 heteroatoms.